The molecule has 0 radical (unpaired) electrons. The summed E-state index contributed by atoms with van der Waals surface area (Å²) in [4.78, 5) is 11.7. The van der Waals surface area contributed by atoms with Crippen molar-refractivity contribution in [2.24, 2.45) is 0 Å². The smallest absolute Gasteiger partial charge is 0.255 e. The first-order valence-electron chi connectivity index (χ1n) is 4.72. The van der Waals surface area contributed by atoms with Gasteiger partial charge in [-0.05, 0) is 30.7 Å². The molecule has 0 N–H and O–H groups in total. The summed E-state index contributed by atoms with van der Waals surface area (Å²) in [7, 11) is 0. The second kappa shape index (κ2) is 4.32. The number of pyridine rings is 1. The van der Waals surface area contributed by atoms with Gasteiger partial charge in [-0.3, -0.25) is 9.36 Å². The number of aromatic nitrogens is 1. The van der Waals surface area contributed by atoms with Crippen LogP contribution >= 0.6 is 23.2 Å². The van der Waals surface area contributed by atoms with Crippen molar-refractivity contribution in [3.63, 3.8) is 0 Å². The molecule has 2 nitrogen and oxygen atoms in total. The molecule has 2 aromatic rings. The third kappa shape index (κ3) is 2.13. The van der Waals surface area contributed by atoms with Crippen molar-refractivity contribution in [3.8, 4) is 5.69 Å². The molecule has 16 heavy (non-hydrogen) atoms. The highest BCUT2D eigenvalue weighted by Gasteiger charge is 2.03. The number of rotatable bonds is 1. The van der Waals surface area contributed by atoms with Crippen LogP contribution in [-0.2, 0) is 0 Å². The van der Waals surface area contributed by atoms with Crippen LogP contribution in [0.4, 0.5) is 0 Å². The van der Waals surface area contributed by atoms with Gasteiger partial charge in [-0.15, -0.1) is 0 Å². The molecule has 0 amide bonds. The summed E-state index contributed by atoms with van der Waals surface area (Å²) in [6.07, 6.45) is 1.77. The SMILES string of the molecule is Cc1ccc(=O)n(-c2ccc(Cl)c(Cl)c2)c1. The lowest BCUT2D eigenvalue weighted by molar-refractivity contribution is 0.977. The predicted octanol–water partition coefficient (Wildman–Crippen LogP) is 3.45. The van der Waals surface area contributed by atoms with Crippen LogP contribution in [0.2, 0.25) is 10.0 Å². The first kappa shape index (κ1) is 11.2. The van der Waals surface area contributed by atoms with E-state index in [0.29, 0.717) is 15.7 Å². The van der Waals surface area contributed by atoms with E-state index in [1.54, 1.807) is 30.5 Å². The molecule has 1 aromatic carbocycles. The summed E-state index contributed by atoms with van der Waals surface area (Å²) in [5, 5.41) is 0.915. The van der Waals surface area contributed by atoms with Crippen molar-refractivity contribution in [2.75, 3.05) is 0 Å². The van der Waals surface area contributed by atoms with Gasteiger partial charge >= 0.3 is 0 Å². The van der Waals surface area contributed by atoms with E-state index >= 15 is 0 Å². The molecule has 1 aromatic heterocycles. The molecule has 0 aliphatic heterocycles. The normalized spacial score (nSPS) is 10.4. The van der Waals surface area contributed by atoms with E-state index in [9.17, 15) is 4.79 Å². The van der Waals surface area contributed by atoms with Crippen LogP contribution in [0.25, 0.3) is 5.69 Å². The molecule has 0 bridgehead atoms. The molecule has 4 heteroatoms. The van der Waals surface area contributed by atoms with Crippen molar-refractivity contribution < 1.29 is 0 Å². The van der Waals surface area contributed by atoms with Gasteiger partial charge in [0.05, 0.1) is 15.7 Å². The van der Waals surface area contributed by atoms with Crippen molar-refractivity contribution in [1.82, 2.24) is 4.57 Å². The Hall–Kier alpha value is -1.25. The maximum atomic E-state index is 11.7. The molecule has 0 saturated carbocycles. The van der Waals surface area contributed by atoms with Gasteiger partial charge in [0, 0.05) is 12.3 Å². The van der Waals surface area contributed by atoms with E-state index in [1.165, 1.54) is 10.6 Å². The summed E-state index contributed by atoms with van der Waals surface area (Å²) in [6.45, 7) is 1.92. The van der Waals surface area contributed by atoms with E-state index in [0.717, 1.165) is 5.56 Å². The highest BCUT2D eigenvalue weighted by atomic mass is 35.5. The van der Waals surface area contributed by atoms with Gasteiger partial charge in [0.25, 0.3) is 5.56 Å². The lowest BCUT2D eigenvalue weighted by Gasteiger charge is -2.07. The van der Waals surface area contributed by atoms with Gasteiger partial charge in [-0.25, -0.2) is 0 Å². The largest absolute Gasteiger partial charge is 0.284 e. The molecule has 0 aliphatic carbocycles. The first-order chi connectivity index (χ1) is 7.58. The lowest BCUT2D eigenvalue weighted by Crippen LogP contribution is -2.16. The molecule has 82 valence electrons. The maximum absolute atomic E-state index is 11.7. The molecule has 0 spiro atoms. The van der Waals surface area contributed by atoms with E-state index in [1.807, 2.05) is 6.92 Å². The zero-order valence-corrected chi connectivity index (χ0v) is 10.1. The standard InChI is InChI=1S/C12H9Cl2NO/c1-8-2-5-12(16)15(7-8)9-3-4-10(13)11(14)6-9/h2-7H,1H3. The number of benzene rings is 1. The average Bonchev–Trinajstić information content (AvgIpc) is 2.26. The van der Waals surface area contributed by atoms with Crippen LogP contribution in [0.15, 0.2) is 41.3 Å². The average molecular weight is 254 g/mol. The Morgan fingerprint density at radius 3 is 2.50 bits per heavy atom. The van der Waals surface area contributed by atoms with Crippen molar-refractivity contribution in [1.29, 1.82) is 0 Å². The molecule has 0 unspecified atom stereocenters. The quantitative estimate of drug-likeness (QED) is 0.763. The van der Waals surface area contributed by atoms with Gasteiger partial charge in [-0.2, -0.15) is 0 Å². The van der Waals surface area contributed by atoms with E-state index in [-0.39, 0.29) is 5.56 Å². The molecule has 0 atom stereocenters. The molecular weight excluding hydrogens is 245 g/mol. The van der Waals surface area contributed by atoms with Crippen LogP contribution in [0.5, 0.6) is 0 Å². The Balaban J connectivity index is 2.63. The Morgan fingerprint density at radius 2 is 1.81 bits per heavy atom. The van der Waals surface area contributed by atoms with Crippen LogP contribution < -0.4 is 5.56 Å². The topological polar surface area (TPSA) is 22.0 Å². The lowest BCUT2D eigenvalue weighted by atomic mass is 10.2. The fourth-order valence-electron chi connectivity index (χ4n) is 1.43. The summed E-state index contributed by atoms with van der Waals surface area (Å²) in [6, 6.07) is 8.40. The van der Waals surface area contributed by atoms with Crippen LogP contribution in [0.1, 0.15) is 5.56 Å². The highest BCUT2D eigenvalue weighted by Crippen LogP contribution is 2.23. The Kier molecular flexibility index (Phi) is 3.03. The predicted molar refractivity (Wildman–Crippen MR) is 66.8 cm³/mol. The van der Waals surface area contributed by atoms with Crippen molar-refractivity contribution in [2.45, 2.75) is 6.92 Å². The Labute approximate surface area is 103 Å². The minimum Gasteiger partial charge on any atom is -0.284 e. The molecule has 0 aliphatic rings. The van der Waals surface area contributed by atoms with Gasteiger partial charge in [0.2, 0.25) is 0 Å². The molecule has 2 rings (SSSR count). The fourth-order valence-corrected chi connectivity index (χ4v) is 1.72. The number of hydrogen-bond donors (Lipinski definition) is 0. The highest BCUT2D eigenvalue weighted by molar-refractivity contribution is 6.42. The second-order valence-electron chi connectivity index (χ2n) is 3.51. The third-order valence-electron chi connectivity index (χ3n) is 2.24. The fraction of sp³-hybridized carbons (Fsp3) is 0.0833. The third-order valence-corrected chi connectivity index (χ3v) is 2.98. The summed E-state index contributed by atoms with van der Waals surface area (Å²) in [5.74, 6) is 0. The molecule has 1 heterocycles. The second-order valence-corrected chi connectivity index (χ2v) is 4.33. The number of aryl methyl sites for hydroxylation is 1. The summed E-state index contributed by atoms with van der Waals surface area (Å²) < 4.78 is 1.54. The van der Waals surface area contributed by atoms with Gasteiger partial charge in [-0.1, -0.05) is 29.3 Å². The summed E-state index contributed by atoms with van der Waals surface area (Å²) >= 11 is 11.7. The number of hydrogen-bond acceptors (Lipinski definition) is 1. The minimum absolute atomic E-state index is 0.0935. The molecule has 0 saturated heterocycles. The van der Waals surface area contributed by atoms with Crippen LogP contribution in [0.3, 0.4) is 0 Å². The molecule has 0 fully saturated rings. The summed E-state index contributed by atoms with van der Waals surface area (Å²) in [5.41, 5.74) is 1.62. The van der Waals surface area contributed by atoms with Gasteiger partial charge in [0.1, 0.15) is 0 Å². The van der Waals surface area contributed by atoms with E-state index in [4.69, 9.17) is 23.2 Å². The zero-order valence-electron chi connectivity index (χ0n) is 8.58. The van der Waals surface area contributed by atoms with E-state index < -0.39 is 0 Å². The monoisotopic (exact) mass is 253 g/mol. The Morgan fingerprint density at radius 1 is 1.06 bits per heavy atom. The van der Waals surface area contributed by atoms with Crippen LogP contribution in [-0.4, -0.2) is 4.57 Å². The van der Waals surface area contributed by atoms with Crippen LogP contribution in [0, 0.1) is 6.92 Å². The minimum atomic E-state index is -0.0935. The van der Waals surface area contributed by atoms with Gasteiger partial charge in [0.15, 0.2) is 0 Å². The van der Waals surface area contributed by atoms with Gasteiger partial charge < -0.3 is 0 Å². The first-order valence-corrected chi connectivity index (χ1v) is 5.48. The van der Waals surface area contributed by atoms with Crippen molar-refractivity contribution in [3.05, 3.63) is 62.5 Å². The zero-order chi connectivity index (χ0) is 11.7. The number of nitrogens with zero attached hydrogens (tertiary/aromatic N) is 1. The molecular formula is C12H9Cl2NO. The maximum Gasteiger partial charge on any atom is 0.255 e. The number of halogens is 2. The Bertz CT molecular complexity index is 590. The van der Waals surface area contributed by atoms with E-state index in [2.05, 4.69) is 0 Å². The van der Waals surface area contributed by atoms with Crippen molar-refractivity contribution >= 4 is 23.2 Å².